The zero-order chi connectivity index (χ0) is 14.2. The molecule has 0 saturated heterocycles. The molecule has 0 amide bonds. The molecule has 3 rings (SSSR count). The highest BCUT2D eigenvalue weighted by Gasteiger charge is 2.19. The number of nitrogens with two attached hydrogens (primary N) is 1. The average molecular weight is 308 g/mol. The van der Waals surface area contributed by atoms with Crippen LogP contribution in [0.1, 0.15) is 21.7 Å². The summed E-state index contributed by atoms with van der Waals surface area (Å²) in [5.74, 6) is 0. The van der Waals surface area contributed by atoms with E-state index >= 15 is 0 Å². The molecular formula is C14H16N2O2S2. The number of anilines is 1. The van der Waals surface area contributed by atoms with E-state index in [4.69, 9.17) is 5.73 Å². The van der Waals surface area contributed by atoms with Crippen molar-refractivity contribution in [2.24, 2.45) is 0 Å². The monoisotopic (exact) mass is 308 g/mol. The number of hydrogen-bond acceptors (Lipinski definition) is 4. The molecule has 1 aromatic carbocycles. The summed E-state index contributed by atoms with van der Waals surface area (Å²) in [4.78, 5) is 2.61. The number of hydrogen-bond donors (Lipinski definition) is 2. The van der Waals surface area contributed by atoms with E-state index in [0.717, 1.165) is 17.7 Å². The van der Waals surface area contributed by atoms with Crippen LogP contribution in [0, 0.1) is 0 Å². The molecule has 2 aromatic rings. The first-order valence-corrected chi connectivity index (χ1v) is 8.81. The molecule has 0 unspecified atom stereocenters. The van der Waals surface area contributed by atoms with Crippen molar-refractivity contribution in [1.82, 2.24) is 4.72 Å². The molecule has 1 aromatic heterocycles. The fourth-order valence-electron chi connectivity index (χ4n) is 2.45. The van der Waals surface area contributed by atoms with E-state index in [1.165, 1.54) is 22.9 Å². The molecule has 106 valence electrons. The lowest BCUT2D eigenvalue weighted by Gasteiger charge is -2.07. The van der Waals surface area contributed by atoms with Crippen molar-refractivity contribution in [3.63, 3.8) is 0 Å². The zero-order valence-electron chi connectivity index (χ0n) is 10.9. The normalized spacial score (nSPS) is 14.4. The predicted molar refractivity (Wildman–Crippen MR) is 81.2 cm³/mol. The van der Waals surface area contributed by atoms with Crippen LogP contribution in [0.25, 0.3) is 0 Å². The largest absolute Gasteiger partial charge is 0.398 e. The Balaban J connectivity index is 1.75. The lowest BCUT2D eigenvalue weighted by atomic mass is 10.2. The maximum Gasteiger partial charge on any atom is 0.242 e. The summed E-state index contributed by atoms with van der Waals surface area (Å²) in [5.41, 5.74) is 7.37. The van der Waals surface area contributed by atoms with Gasteiger partial charge in [-0.05, 0) is 43.0 Å². The standard InChI is InChI=1S/C14H16N2O2S2/c15-12-5-1-2-7-14(12)20(17,18)16-9-11-8-10-4-3-6-13(10)19-11/h1-2,5,7-8,16H,3-4,6,9,15H2. The Kier molecular flexibility index (Phi) is 3.54. The Bertz CT molecular complexity index is 714. The molecule has 0 aliphatic heterocycles. The number of para-hydroxylation sites is 1. The zero-order valence-corrected chi connectivity index (χ0v) is 12.6. The highest BCUT2D eigenvalue weighted by Crippen LogP contribution is 2.30. The smallest absolute Gasteiger partial charge is 0.242 e. The molecule has 0 spiro atoms. The van der Waals surface area contributed by atoms with Crippen molar-refractivity contribution >= 4 is 27.0 Å². The first-order chi connectivity index (χ1) is 9.56. The summed E-state index contributed by atoms with van der Waals surface area (Å²) in [5, 5.41) is 0. The molecular weight excluding hydrogens is 292 g/mol. The minimum Gasteiger partial charge on any atom is -0.398 e. The highest BCUT2D eigenvalue weighted by molar-refractivity contribution is 7.89. The van der Waals surface area contributed by atoms with Crippen molar-refractivity contribution in [3.8, 4) is 0 Å². The second-order valence-corrected chi connectivity index (χ2v) is 7.83. The third-order valence-corrected chi connectivity index (χ3v) is 6.15. The molecule has 20 heavy (non-hydrogen) atoms. The lowest BCUT2D eigenvalue weighted by Crippen LogP contribution is -2.23. The Labute approximate surface area is 122 Å². The Morgan fingerprint density at radius 2 is 2.05 bits per heavy atom. The van der Waals surface area contributed by atoms with Crippen LogP contribution in [0.4, 0.5) is 5.69 Å². The van der Waals surface area contributed by atoms with Crippen LogP contribution < -0.4 is 10.5 Å². The quantitative estimate of drug-likeness (QED) is 0.851. The number of nitrogens with one attached hydrogen (secondary N) is 1. The number of sulfonamides is 1. The van der Waals surface area contributed by atoms with Crippen LogP contribution in [-0.2, 0) is 29.4 Å². The Morgan fingerprint density at radius 3 is 2.80 bits per heavy atom. The highest BCUT2D eigenvalue weighted by atomic mass is 32.2. The molecule has 0 fully saturated rings. The van der Waals surface area contributed by atoms with Gasteiger partial charge in [-0.2, -0.15) is 0 Å². The van der Waals surface area contributed by atoms with E-state index < -0.39 is 10.0 Å². The van der Waals surface area contributed by atoms with Gasteiger partial charge in [0.2, 0.25) is 10.0 Å². The van der Waals surface area contributed by atoms with E-state index in [1.54, 1.807) is 29.5 Å². The minimum absolute atomic E-state index is 0.143. The van der Waals surface area contributed by atoms with Gasteiger partial charge in [0, 0.05) is 16.3 Å². The minimum atomic E-state index is -3.55. The van der Waals surface area contributed by atoms with Gasteiger partial charge in [-0.3, -0.25) is 0 Å². The van der Waals surface area contributed by atoms with Crippen LogP contribution in [-0.4, -0.2) is 8.42 Å². The summed E-state index contributed by atoms with van der Waals surface area (Å²) in [6.07, 6.45) is 3.45. The van der Waals surface area contributed by atoms with Crippen LogP contribution in [0.5, 0.6) is 0 Å². The van der Waals surface area contributed by atoms with Gasteiger partial charge in [0.1, 0.15) is 4.90 Å². The lowest BCUT2D eigenvalue weighted by molar-refractivity contribution is 0.582. The molecule has 0 radical (unpaired) electrons. The maximum absolute atomic E-state index is 12.2. The van der Waals surface area contributed by atoms with Gasteiger partial charge < -0.3 is 5.73 Å². The summed E-state index contributed by atoms with van der Waals surface area (Å²) in [6.45, 7) is 0.328. The van der Waals surface area contributed by atoms with E-state index in [2.05, 4.69) is 10.8 Å². The summed E-state index contributed by atoms with van der Waals surface area (Å²) >= 11 is 1.70. The second-order valence-electron chi connectivity index (χ2n) is 4.88. The van der Waals surface area contributed by atoms with E-state index in [1.807, 2.05) is 0 Å². The van der Waals surface area contributed by atoms with Gasteiger partial charge >= 0.3 is 0 Å². The molecule has 1 aliphatic carbocycles. The van der Waals surface area contributed by atoms with Crippen molar-refractivity contribution in [2.75, 3.05) is 5.73 Å². The van der Waals surface area contributed by atoms with Crippen LogP contribution in [0.15, 0.2) is 35.2 Å². The number of fused-ring (bicyclic) bond motifs is 1. The summed E-state index contributed by atoms with van der Waals surface area (Å²) in [6, 6.07) is 8.62. The third kappa shape index (κ3) is 2.59. The molecule has 0 saturated carbocycles. The molecule has 1 aliphatic rings. The maximum atomic E-state index is 12.2. The fraction of sp³-hybridized carbons (Fsp3) is 0.286. The van der Waals surface area contributed by atoms with Gasteiger partial charge in [0.25, 0.3) is 0 Å². The first kappa shape index (κ1) is 13.6. The number of thiophene rings is 1. The molecule has 1 heterocycles. The van der Waals surface area contributed by atoms with Crippen LogP contribution in [0.2, 0.25) is 0 Å². The Morgan fingerprint density at radius 1 is 1.25 bits per heavy atom. The van der Waals surface area contributed by atoms with Crippen molar-refractivity contribution in [3.05, 3.63) is 45.6 Å². The first-order valence-electron chi connectivity index (χ1n) is 6.51. The van der Waals surface area contributed by atoms with Crippen molar-refractivity contribution in [1.29, 1.82) is 0 Å². The van der Waals surface area contributed by atoms with Gasteiger partial charge in [-0.15, -0.1) is 11.3 Å². The SMILES string of the molecule is Nc1ccccc1S(=O)(=O)NCc1cc2c(s1)CCC2. The molecule has 6 heteroatoms. The Hall–Kier alpha value is -1.37. The number of aryl methyl sites for hydroxylation is 2. The average Bonchev–Trinajstić information content (AvgIpc) is 2.97. The number of nitrogen functional groups attached to an aromatic ring is 1. The molecule has 3 N–H and O–H groups in total. The predicted octanol–water partition coefficient (Wildman–Crippen LogP) is 2.30. The number of benzene rings is 1. The van der Waals surface area contributed by atoms with Crippen molar-refractivity contribution in [2.45, 2.75) is 30.7 Å². The van der Waals surface area contributed by atoms with Crippen LogP contribution in [0.3, 0.4) is 0 Å². The second kappa shape index (κ2) is 5.20. The van der Waals surface area contributed by atoms with Gasteiger partial charge in [0.15, 0.2) is 0 Å². The van der Waals surface area contributed by atoms with Gasteiger partial charge in [0.05, 0.1) is 5.69 Å². The number of rotatable bonds is 4. The van der Waals surface area contributed by atoms with Gasteiger partial charge in [-0.25, -0.2) is 13.1 Å². The fourth-order valence-corrected chi connectivity index (χ4v) is 4.88. The summed E-state index contributed by atoms with van der Waals surface area (Å²) < 4.78 is 27.1. The van der Waals surface area contributed by atoms with Gasteiger partial charge in [-0.1, -0.05) is 12.1 Å². The molecule has 4 nitrogen and oxygen atoms in total. The van der Waals surface area contributed by atoms with E-state index in [-0.39, 0.29) is 10.6 Å². The van der Waals surface area contributed by atoms with Crippen LogP contribution >= 0.6 is 11.3 Å². The topological polar surface area (TPSA) is 72.2 Å². The van der Waals surface area contributed by atoms with Crippen molar-refractivity contribution < 1.29 is 8.42 Å². The molecule has 0 atom stereocenters. The molecule has 0 bridgehead atoms. The van der Waals surface area contributed by atoms with E-state index in [9.17, 15) is 8.42 Å². The van der Waals surface area contributed by atoms with E-state index in [0.29, 0.717) is 6.54 Å². The summed E-state index contributed by atoms with van der Waals surface area (Å²) in [7, 11) is -3.55. The third-order valence-electron chi connectivity index (χ3n) is 3.44.